The van der Waals surface area contributed by atoms with Crippen LogP contribution in [0.4, 0.5) is 5.82 Å². The first kappa shape index (κ1) is 19.7. The summed E-state index contributed by atoms with van der Waals surface area (Å²) in [7, 11) is 6.05. The van der Waals surface area contributed by atoms with Gasteiger partial charge >= 0.3 is 0 Å². The smallest absolute Gasteiger partial charge is 0.220 e. The number of amides is 1. The van der Waals surface area contributed by atoms with E-state index in [2.05, 4.69) is 16.9 Å². The van der Waals surface area contributed by atoms with Crippen molar-refractivity contribution in [1.82, 2.24) is 24.8 Å². The number of likely N-dealkylation sites (tertiary alicyclic amines) is 1. The van der Waals surface area contributed by atoms with E-state index >= 15 is 0 Å². The van der Waals surface area contributed by atoms with E-state index in [1.165, 1.54) is 4.88 Å². The van der Waals surface area contributed by atoms with Crippen LogP contribution in [0, 0.1) is 6.92 Å². The predicted octanol–water partition coefficient (Wildman–Crippen LogP) is 2.62. The number of aromatic nitrogens is 3. The van der Waals surface area contributed by atoms with Crippen LogP contribution in [0.25, 0.3) is 0 Å². The van der Waals surface area contributed by atoms with Gasteiger partial charge in [0.15, 0.2) is 5.82 Å². The van der Waals surface area contributed by atoms with E-state index in [4.69, 9.17) is 9.97 Å². The van der Waals surface area contributed by atoms with Crippen molar-refractivity contribution in [1.29, 1.82) is 0 Å². The Morgan fingerprint density at radius 2 is 2.07 bits per heavy atom. The first-order valence-corrected chi connectivity index (χ1v) is 10.1. The highest BCUT2D eigenvalue weighted by atomic mass is 32.1. The second-order valence-electron chi connectivity index (χ2n) is 7.36. The van der Waals surface area contributed by atoms with Gasteiger partial charge in [0.2, 0.25) is 5.91 Å². The number of rotatable bonds is 6. The summed E-state index contributed by atoms with van der Waals surface area (Å²) in [6, 6.07) is 2.01. The van der Waals surface area contributed by atoms with Gasteiger partial charge < -0.3 is 9.80 Å². The Morgan fingerprint density at radius 1 is 1.30 bits per heavy atom. The van der Waals surface area contributed by atoms with Crippen molar-refractivity contribution in [2.75, 3.05) is 32.6 Å². The summed E-state index contributed by atoms with van der Waals surface area (Å²) >= 11 is 1.72. The van der Waals surface area contributed by atoms with Crippen molar-refractivity contribution >= 4 is 23.1 Å². The van der Waals surface area contributed by atoms with E-state index < -0.39 is 0 Å². The highest BCUT2D eigenvalue weighted by Gasteiger charge is 2.30. The third-order valence-corrected chi connectivity index (χ3v) is 5.62. The van der Waals surface area contributed by atoms with E-state index in [1.807, 2.05) is 43.1 Å². The third-order valence-electron chi connectivity index (χ3n) is 4.72. The van der Waals surface area contributed by atoms with E-state index in [-0.39, 0.29) is 11.9 Å². The zero-order valence-corrected chi connectivity index (χ0v) is 17.6. The van der Waals surface area contributed by atoms with Crippen LogP contribution >= 0.6 is 11.3 Å². The highest BCUT2D eigenvalue weighted by molar-refractivity contribution is 7.11. The van der Waals surface area contributed by atoms with E-state index in [0.29, 0.717) is 0 Å². The fourth-order valence-corrected chi connectivity index (χ4v) is 4.33. The number of aryl methyl sites for hydroxylation is 1. The number of hydrogen-bond donors (Lipinski definition) is 0. The largest absolute Gasteiger partial charge is 0.363 e. The minimum atomic E-state index is -0.0180. The molecule has 0 spiro atoms. The summed E-state index contributed by atoms with van der Waals surface area (Å²) in [5.74, 6) is 1.73. The normalized spacial score (nSPS) is 17.0. The molecular weight excluding hydrogens is 360 g/mol. The minimum Gasteiger partial charge on any atom is -0.363 e. The van der Waals surface area contributed by atoms with Crippen LogP contribution in [0.2, 0.25) is 0 Å². The van der Waals surface area contributed by atoms with Crippen molar-refractivity contribution in [2.24, 2.45) is 0 Å². The van der Waals surface area contributed by atoms with Gasteiger partial charge in [0.25, 0.3) is 0 Å². The summed E-state index contributed by atoms with van der Waals surface area (Å²) in [6.45, 7) is 6.00. The van der Waals surface area contributed by atoms with Crippen LogP contribution in [0.15, 0.2) is 12.3 Å². The molecule has 1 fully saturated rings. The van der Waals surface area contributed by atoms with Crippen molar-refractivity contribution < 1.29 is 4.79 Å². The first-order chi connectivity index (χ1) is 12.8. The molecule has 0 saturated carbocycles. The van der Waals surface area contributed by atoms with Gasteiger partial charge in [-0.2, -0.15) is 0 Å². The lowest BCUT2D eigenvalue weighted by molar-refractivity contribution is -0.129. The summed E-state index contributed by atoms with van der Waals surface area (Å²) in [6.07, 6.45) is 3.86. The third kappa shape index (κ3) is 4.81. The Labute approximate surface area is 165 Å². The van der Waals surface area contributed by atoms with Crippen molar-refractivity contribution in [3.8, 4) is 0 Å². The van der Waals surface area contributed by atoms with E-state index in [0.717, 1.165) is 54.8 Å². The molecule has 7 nitrogen and oxygen atoms in total. The van der Waals surface area contributed by atoms with Crippen LogP contribution in [0.5, 0.6) is 0 Å². The fourth-order valence-electron chi connectivity index (χ4n) is 3.45. The molecule has 2 aromatic rings. The summed E-state index contributed by atoms with van der Waals surface area (Å²) in [4.78, 5) is 33.2. The Hall–Kier alpha value is -2.06. The monoisotopic (exact) mass is 388 g/mol. The molecule has 2 aromatic heterocycles. The molecule has 0 radical (unpaired) electrons. The topological polar surface area (TPSA) is 65.5 Å². The van der Waals surface area contributed by atoms with Crippen LogP contribution in [-0.4, -0.2) is 58.3 Å². The fraction of sp³-hybridized carbons (Fsp3) is 0.579. The van der Waals surface area contributed by atoms with Gasteiger partial charge in [-0.1, -0.05) is 0 Å². The summed E-state index contributed by atoms with van der Waals surface area (Å²) in [5, 5.41) is 1.09. The number of nitrogens with zero attached hydrogens (tertiary/aromatic N) is 6. The van der Waals surface area contributed by atoms with Gasteiger partial charge in [0.05, 0.1) is 16.7 Å². The lowest BCUT2D eigenvalue weighted by atomic mass is 10.2. The van der Waals surface area contributed by atoms with Gasteiger partial charge in [-0.05, 0) is 26.8 Å². The Morgan fingerprint density at radius 3 is 2.70 bits per heavy atom. The molecule has 8 heteroatoms. The number of carbonyl (C=O) groups is 1. The Bertz CT molecular complexity index is 805. The second-order valence-corrected chi connectivity index (χ2v) is 8.68. The molecule has 0 aromatic carbocycles. The SMILES string of the molecule is CC(=O)N1CCC[C@@H]1c1nc(CN(C)Cc2cnc(C)s2)cc(N(C)C)n1. The van der Waals surface area contributed by atoms with Crippen LogP contribution in [-0.2, 0) is 17.9 Å². The van der Waals surface area contributed by atoms with E-state index in [9.17, 15) is 4.79 Å². The van der Waals surface area contributed by atoms with Gasteiger partial charge in [-0.25, -0.2) is 15.0 Å². The average molecular weight is 389 g/mol. The maximum atomic E-state index is 12.0. The molecule has 27 heavy (non-hydrogen) atoms. The highest BCUT2D eigenvalue weighted by Crippen LogP contribution is 2.31. The van der Waals surface area contributed by atoms with Crippen LogP contribution < -0.4 is 4.90 Å². The van der Waals surface area contributed by atoms with Gasteiger partial charge in [0.1, 0.15) is 5.82 Å². The predicted molar refractivity (Wildman–Crippen MR) is 108 cm³/mol. The molecule has 1 saturated heterocycles. The van der Waals surface area contributed by atoms with Gasteiger partial charge in [0, 0.05) is 57.8 Å². The minimum absolute atomic E-state index is 0.0180. The van der Waals surface area contributed by atoms with Gasteiger partial charge in [-0.15, -0.1) is 11.3 Å². The number of hydrogen-bond acceptors (Lipinski definition) is 7. The maximum absolute atomic E-state index is 12.0. The molecular formula is C19H28N6OS. The Kier molecular flexibility index (Phi) is 6.06. The molecule has 3 rings (SSSR count). The molecule has 0 aliphatic carbocycles. The lowest BCUT2D eigenvalue weighted by Crippen LogP contribution is -2.30. The Balaban J connectivity index is 1.82. The van der Waals surface area contributed by atoms with E-state index in [1.54, 1.807) is 18.3 Å². The number of carbonyl (C=O) groups excluding carboxylic acids is 1. The molecule has 1 aliphatic rings. The van der Waals surface area contributed by atoms with Crippen LogP contribution in [0.3, 0.4) is 0 Å². The standard InChI is InChI=1S/C19H28N6OS/c1-13-20-10-16(27-13)12-24(5)11-15-9-18(23(3)4)22-19(21-15)17-7-6-8-25(17)14(2)26/h9-10,17H,6-8,11-12H2,1-5H3/t17-/m1/s1. The van der Waals surface area contributed by atoms with Gasteiger partial charge in [-0.3, -0.25) is 9.69 Å². The molecule has 3 heterocycles. The zero-order chi connectivity index (χ0) is 19.6. The zero-order valence-electron chi connectivity index (χ0n) is 16.8. The maximum Gasteiger partial charge on any atom is 0.220 e. The van der Waals surface area contributed by atoms with Crippen molar-refractivity contribution in [3.05, 3.63) is 33.7 Å². The number of anilines is 1. The van der Waals surface area contributed by atoms with Crippen molar-refractivity contribution in [2.45, 2.75) is 45.8 Å². The molecule has 0 N–H and O–H groups in total. The lowest BCUT2D eigenvalue weighted by Gasteiger charge is -2.24. The van der Waals surface area contributed by atoms with Crippen LogP contribution in [0.1, 0.15) is 47.2 Å². The molecule has 1 amide bonds. The molecule has 0 bridgehead atoms. The first-order valence-electron chi connectivity index (χ1n) is 9.25. The van der Waals surface area contributed by atoms with Crippen molar-refractivity contribution in [3.63, 3.8) is 0 Å². The summed E-state index contributed by atoms with van der Waals surface area (Å²) < 4.78 is 0. The molecule has 146 valence electrons. The summed E-state index contributed by atoms with van der Waals surface area (Å²) in [5.41, 5.74) is 0.975. The molecule has 0 unspecified atom stereocenters. The number of thiazole rings is 1. The second kappa shape index (κ2) is 8.31. The molecule has 1 aliphatic heterocycles. The molecule has 1 atom stereocenters. The average Bonchev–Trinajstić information content (AvgIpc) is 3.23. The quantitative estimate of drug-likeness (QED) is 0.758.